The number of amides is 9. The topological polar surface area (TPSA) is 629 Å². The number of carbonyl (C=O) groups excluding carboxylic acids is 18. The zero-order chi connectivity index (χ0) is 103. The van der Waals surface area contributed by atoms with Crippen LogP contribution in [-0.4, -0.2) is 346 Å². The highest BCUT2D eigenvalue weighted by atomic mass is 31.2. The van der Waals surface area contributed by atoms with Gasteiger partial charge < -0.3 is 138 Å². The van der Waals surface area contributed by atoms with Crippen LogP contribution < -0.4 is 42.5 Å². The molecule has 0 aromatic heterocycles. The number of rotatable bonds is 69. The maximum atomic E-state index is 14.5. The number of unbranched alkanes of at least 4 members (excludes halogenated alkanes) is 12. The average molecular weight is 2010 g/mol. The van der Waals surface area contributed by atoms with E-state index < -0.39 is 226 Å². The molecule has 9 N–H and O–H groups in total. The molecule has 4 saturated heterocycles. The quantitative estimate of drug-likeness (QED) is 0.0179. The molecule has 9 amide bonds. The van der Waals surface area contributed by atoms with E-state index in [4.69, 9.17) is 89.8 Å². The predicted molar refractivity (Wildman–Crippen MR) is 480 cm³/mol. The van der Waals surface area contributed by atoms with Gasteiger partial charge in [-0.2, -0.15) is 0 Å². The van der Waals surface area contributed by atoms with Crippen LogP contribution in [0.15, 0.2) is 0 Å². The van der Waals surface area contributed by atoms with Crippen LogP contribution in [0, 0.1) is 5.92 Å². The Kier molecular flexibility index (Phi) is 58.4. The van der Waals surface area contributed by atoms with E-state index in [1.807, 2.05) is 0 Å². The summed E-state index contributed by atoms with van der Waals surface area (Å²) in [5.74, 6) is -11.3. The lowest BCUT2D eigenvalue weighted by molar-refractivity contribution is -0.277. The predicted octanol–water partition coefficient (Wildman–Crippen LogP) is 1.18. The molecule has 0 bridgehead atoms. The van der Waals surface area contributed by atoms with Crippen LogP contribution in [0.3, 0.4) is 0 Å². The van der Waals surface area contributed by atoms with Crippen molar-refractivity contribution in [1.82, 2.24) is 47.4 Å². The van der Waals surface area contributed by atoms with Gasteiger partial charge in [0.1, 0.15) is 61.8 Å². The van der Waals surface area contributed by atoms with Crippen molar-refractivity contribution in [3.05, 3.63) is 0 Å². The third-order valence-electron chi connectivity index (χ3n) is 21.5. The normalized spacial score (nSPS) is 22.5. The van der Waals surface area contributed by atoms with E-state index in [1.165, 1.54) is 25.7 Å². The lowest BCUT2D eigenvalue weighted by atomic mass is 9.95. The van der Waals surface area contributed by atoms with E-state index in [9.17, 15) is 95.8 Å². The van der Waals surface area contributed by atoms with Crippen molar-refractivity contribution in [2.75, 3.05) is 132 Å². The van der Waals surface area contributed by atoms with Crippen molar-refractivity contribution < 1.29 is 190 Å². The number of carbonyl (C=O) groups is 18. The molecule has 16 unspecified atom stereocenters. The largest absolute Gasteiger partial charge is 0.471 e. The minimum absolute atomic E-state index is 0.000760. The minimum atomic E-state index is -4.07. The highest BCUT2D eigenvalue weighted by molar-refractivity contribution is 7.47. The van der Waals surface area contributed by atoms with Crippen molar-refractivity contribution in [3.63, 3.8) is 0 Å². The Morgan fingerprint density at radius 3 is 0.906 bits per heavy atom. The summed E-state index contributed by atoms with van der Waals surface area (Å²) in [5, 5.41) is 22.4. The molecule has 139 heavy (non-hydrogen) atoms. The standard InChI is InChI=1S/C89H146N9O40P/c1-55(99)94-76-82(133-64(10)108)79(130-61(7)105)68(49-126-58(4)102)136-86(76)123-40-26-18-14-22-37-91-72(112)33-44-120-52-89(97-85(116)67-47-98(48-67)75(115)32-30-31-71(111)90-36-25-17-21-29-43-129-139(117,118)119-13,53-121-45-34-73(113)92-38-23-15-19-27-41-124-87-77(95-56(2)100)83(134-65(11)109)80(131-62(8)106)69(137-87)50-127-59(5)103)54-122-46-35-74(114)93-39-24-16-20-28-42-125-88-78(96-57(3)101)84(135-66(12)110)81(132-63(9)107)70(138-88)51-128-60(6)104/h67-70,76-84,86-88H,14-54H2,1-13H3,(H,90,111)(H,91,112)(H,92,113)(H,93,114)(H,94,99)(H,95,100)(H,96,101)(H,97,116)(H,117,118). The maximum absolute atomic E-state index is 14.5. The number of hydrogen-bond donors (Lipinski definition) is 9. The zero-order valence-corrected chi connectivity index (χ0v) is 82.9. The molecule has 4 aliphatic heterocycles. The van der Waals surface area contributed by atoms with E-state index in [-0.39, 0.29) is 149 Å². The van der Waals surface area contributed by atoms with Gasteiger partial charge in [0.25, 0.3) is 0 Å². The molecule has 4 heterocycles. The smallest absolute Gasteiger partial charge is 0.463 e. The number of hydrogen-bond acceptors (Lipinski definition) is 39. The van der Waals surface area contributed by atoms with Gasteiger partial charge in [0, 0.05) is 181 Å². The number of phosphoric acid groups is 1. The fraction of sp³-hybridized carbons (Fsp3) is 0.798. The molecular weight excluding hydrogens is 1870 g/mol. The van der Waals surface area contributed by atoms with Gasteiger partial charge in [-0.3, -0.25) is 95.3 Å². The lowest BCUT2D eigenvalue weighted by Gasteiger charge is -2.44. The monoisotopic (exact) mass is 2010 g/mol. The molecule has 0 aromatic carbocycles. The summed E-state index contributed by atoms with van der Waals surface area (Å²) in [4.78, 5) is 238. The first kappa shape index (κ1) is 122. The summed E-state index contributed by atoms with van der Waals surface area (Å²) >= 11 is 0. The summed E-state index contributed by atoms with van der Waals surface area (Å²) in [6, 6.07) is -3.47. The molecule has 4 fully saturated rings. The third kappa shape index (κ3) is 50.9. The highest BCUT2D eigenvalue weighted by Crippen LogP contribution is 2.42. The molecule has 0 aromatic rings. The van der Waals surface area contributed by atoms with Crippen LogP contribution >= 0.6 is 7.82 Å². The number of phosphoric ester groups is 1. The summed E-state index contributed by atoms with van der Waals surface area (Å²) in [7, 11) is -3.00. The second-order valence-electron chi connectivity index (χ2n) is 33.8. The van der Waals surface area contributed by atoms with E-state index in [0.717, 1.165) is 69.4 Å². The van der Waals surface area contributed by atoms with Crippen LogP contribution in [0.1, 0.15) is 224 Å². The Morgan fingerprint density at radius 2 is 0.626 bits per heavy atom. The number of nitrogens with one attached hydrogen (secondary N) is 8. The van der Waals surface area contributed by atoms with Crippen LogP contribution in [-0.2, 0) is 185 Å². The molecule has 0 saturated carbocycles. The Hall–Kier alpha value is -9.79. The molecule has 0 radical (unpaired) electrons. The van der Waals surface area contributed by atoms with Crippen molar-refractivity contribution in [3.8, 4) is 0 Å². The molecule has 0 spiro atoms. The second-order valence-corrected chi connectivity index (χ2v) is 35.4. The second kappa shape index (κ2) is 66.8. The minimum Gasteiger partial charge on any atom is -0.463 e. The van der Waals surface area contributed by atoms with Gasteiger partial charge >= 0.3 is 61.5 Å². The SMILES string of the molecule is COP(=O)(O)OCCCCCCNC(=O)CCCC(=O)N1CC(C(=O)NC(COCCC(=O)NCCCCCCOC2OC(COC(C)=O)C(OC(C)=O)C(OC(C)=O)C2NC(C)=O)(COCCC(=O)NCCCCCCOC2OC(COC(C)=O)C(OC(C)=O)C(OC(C)=O)C2NC(C)=O)COCCC(=O)NCCCCCCOC2OC(COC(C)=O)C(OC(C)=O)C(OC(C)=O)C2NC(C)=O)C1. The van der Waals surface area contributed by atoms with E-state index >= 15 is 0 Å². The zero-order valence-electron chi connectivity index (χ0n) is 82.0. The first-order chi connectivity index (χ1) is 66.0. The summed E-state index contributed by atoms with van der Waals surface area (Å²) in [6.45, 7) is 12.4. The number of nitrogens with zero attached hydrogens (tertiary/aromatic N) is 1. The molecule has 0 aliphatic carbocycles. The van der Waals surface area contributed by atoms with Crippen LogP contribution in [0.2, 0.25) is 0 Å². The van der Waals surface area contributed by atoms with Crippen LogP contribution in [0.5, 0.6) is 0 Å². The number of likely N-dealkylation sites (tertiary alicyclic amines) is 1. The van der Waals surface area contributed by atoms with Gasteiger partial charge in [-0.15, -0.1) is 0 Å². The Bertz CT molecular complexity index is 3650. The molecule has 49 nitrogen and oxygen atoms in total. The highest BCUT2D eigenvalue weighted by Gasteiger charge is 2.55. The molecule has 4 aliphatic rings. The molecule has 16 atom stereocenters. The van der Waals surface area contributed by atoms with Gasteiger partial charge in [0.05, 0.1) is 52.2 Å². The van der Waals surface area contributed by atoms with E-state index in [0.29, 0.717) is 109 Å². The van der Waals surface area contributed by atoms with Gasteiger partial charge in [0.15, 0.2) is 55.5 Å². The molecule has 792 valence electrons. The Balaban J connectivity index is 1.46. The number of ether oxygens (including phenoxy) is 18. The maximum Gasteiger partial charge on any atom is 0.471 e. The van der Waals surface area contributed by atoms with Crippen LogP contribution in [0.25, 0.3) is 0 Å². The van der Waals surface area contributed by atoms with Gasteiger partial charge in [-0.05, 0) is 57.8 Å². The first-order valence-corrected chi connectivity index (χ1v) is 48.5. The molecule has 50 heteroatoms. The van der Waals surface area contributed by atoms with Gasteiger partial charge in [0.2, 0.25) is 53.2 Å². The summed E-state index contributed by atoms with van der Waals surface area (Å²) in [6.07, 6.45) is -6.31. The molecule has 4 rings (SSSR count). The third-order valence-corrected chi connectivity index (χ3v) is 22.4. The summed E-state index contributed by atoms with van der Waals surface area (Å²) in [5.41, 5.74) is -1.58. The number of esters is 9. The van der Waals surface area contributed by atoms with Crippen LogP contribution in [0.4, 0.5) is 0 Å². The van der Waals surface area contributed by atoms with Crippen molar-refractivity contribution in [2.24, 2.45) is 5.92 Å². The summed E-state index contributed by atoms with van der Waals surface area (Å²) < 4.78 is 124. The van der Waals surface area contributed by atoms with Gasteiger partial charge in [-0.25, -0.2) is 4.57 Å². The van der Waals surface area contributed by atoms with Gasteiger partial charge in [-0.1, -0.05) is 51.4 Å². The van der Waals surface area contributed by atoms with Crippen molar-refractivity contribution >= 4 is 115 Å². The lowest BCUT2D eigenvalue weighted by Crippen LogP contribution is -2.66. The molecular formula is C89H146N9O40P. The Labute approximate surface area is 809 Å². The van der Waals surface area contributed by atoms with E-state index in [2.05, 4.69) is 47.1 Å². The van der Waals surface area contributed by atoms with Crippen molar-refractivity contribution in [2.45, 2.75) is 322 Å². The fourth-order valence-corrected chi connectivity index (χ4v) is 15.5. The fourth-order valence-electron chi connectivity index (χ4n) is 15.0. The van der Waals surface area contributed by atoms with E-state index in [1.54, 1.807) is 0 Å². The first-order valence-electron chi connectivity index (χ1n) is 47.0. The van der Waals surface area contributed by atoms with Crippen molar-refractivity contribution in [1.29, 1.82) is 0 Å². The average Bonchev–Trinajstić information content (AvgIpc) is 0.798. The Morgan fingerprint density at radius 1 is 0.345 bits per heavy atom.